The van der Waals surface area contributed by atoms with Gasteiger partial charge in [-0.15, -0.1) is 0 Å². The van der Waals surface area contributed by atoms with Crippen LogP contribution in [-0.4, -0.2) is 5.84 Å². The predicted octanol–water partition coefficient (Wildman–Crippen LogP) is 5.29. The van der Waals surface area contributed by atoms with Crippen molar-refractivity contribution in [2.24, 2.45) is 5.73 Å². The molecule has 0 aromatic heterocycles. The lowest BCUT2D eigenvalue weighted by molar-refractivity contribution is 0.598. The van der Waals surface area contributed by atoms with Gasteiger partial charge in [0.25, 0.3) is 0 Å². The average Bonchev–Trinajstić information content (AvgIpc) is 2.61. The molecule has 0 aliphatic heterocycles. The van der Waals surface area contributed by atoms with Crippen LogP contribution < -0.4 is 16.3 Å². The number of aryl methyl sites for hydroxylation is 6. The molecular formula is C25H30N2OP+. The van der Waals surface area contributed by atoms with Gasteiger partial charge in [-0.25, -0.2) is 0 Å². The molecule has 4 heteroatoms. The third kappa shape index (κ3) is 5.62. The summed E-state index contributed by atoms with van der Waals surface area (Å²) in [5.74, 6) is 0.121. The second kappa shape index (κ2) is 9.62. The van der Waals surface area contributed by atoms with Gasteiger partial charge in [-0.05, 0) is 41.5 Å². The van der Waals surface area contributed by atoms with Gasteiger partial charge in [0.05, 0.1) is 0 Å². The molecule has 3 rings (SSSR count). The van der Waals surface area contributed by atoms with Crippen molar-refractivity contribution in [3.63, 3.8) is 0 Å². The smallest absolute Gasteiger partial charge is 0.384 e. The average molecular weight is 406 g/mol. The molecule has 3 nitrogen and oxygen atoms in total. The maximum Gasteiger partial charge on any atom is 0.416 e. The molecule has 3 aromatic carbocycles. The number of benzene rings is 3. The Balaban J connectivity index is 0.000000278. The van der Waals surface area contributed by atoms with Crippen LogP contribution in [0, 0.1) is 47.0 Å². The highest BCUT2D eigenvalue weighted by Gasteiger charge is 2.31. The summed E-state index contributed by atoms with van der Waals surface area (Å²) in [6, 6.07) is 17.7. The minimum Gasteiger partial charge on any atom is -0.384 e. The molecule has 3 aromatic rings. The van der Waals surface area contributed by atoms with E-state index in [1.54, 1.807) is 0 Å². The van der Waals surface area contributed by atoms with E-state index in [1.807, 2.05) is 30.3 Å². The molecule has 0 heterocycles. The van der Waals surface area contributed by atoms with Crippen LogP contribution in [0.15, 0.2) is 54.6 Å². The second-order valence-electron chi connectivity index (χ2n) is 7.57. The van der Waals surface area contributed by atoms with Gasteiger partial charge >= 0.3 is 7.80 Å². The fraction of sp³-hybridized carbons (Fsp3) is 0.240. The van der Waals surface area contributed by atoms with Gasteiger partial charge in [0, 0.05) is 27.8 Å². The Morgan fingerprint density at radius 3 is 1.34 bits per heavy atom. The number of amidine groups is 1. The zero-order chi connectivity index (χ0) is 21.7. The quantitative estimate of drug-likeness (QED) is 0.353. The molecule has 0 amide bonds. The van der Waals surface area contributed by atoms with Crippen molar-refractivity contribution in [3.8, 4) is 0 Å². The summed E-state index contributed by atoms with van der Waals surface area (Å²) in [5.41, 5.74) is 12.9. The third-order valence-corrected chi connectivity index (χ3v) is 6.98. The molecular weight excluding hydrogens is 375 g/mol. The molecule has 0 aliphatic rings. The first-order chi connectivity index (χ1) is 13.6. The Kier molecular flexibility index (Phi) is 7.47. The number of hydrogen-bond acceptors (Lipinski definition) is 2. The van der Waals surface area contributed by atoms with Crippen LogP contribution in [0.1, 0.15) is 38.9 Å². The molecule has 0 fully saturated rings. The van der Waals surface area contributed by atoms with E-state index in [1.165, 1.54) is 11.1 Å². The highest BCUT2D eigenvalue weighted by molar-refractivity contribution is 7.62. The maximum absolute atomic E-state index is 13.1. The molecule has 0 aliphatic carbocycles. The molecule has 0 saturated carbocycles. The van der Waals surface area contributed by atoms with Gasteiger partial charge < -0.3 is 5.73 Å². The van der Waals surface area contributed by atoms with Crippen LogP contribution >= 0.6 is 7.80 Å². The second-order valence-corrected chi connectivity index (χ2v) is 9.05. The highest BCUT2D eigenvalue weighted by atomic mass is 31.1. The fourth-order valence-corrected chi connectivity index (χ4v) is 5.48. The van der Waals surface area contributed by atoms with Crippen LogP contribution in [0.2, 0.25) is 0 Å². The Morgan fingerprint density at radius 2 is 1.07 bits per heavy atom. The normalized spacial score (nSPS) is 10.1. The molecule has 0 bridgehead atoms. The van der Waals surface area contributed by atoms with Crippen molar-refractivity contribution >= 4 is 24.2 Å². The Labute approximate surface area is 175 Å². The highest BCUT2D eigenvalue weighted by Crippen LogP contribution is 2.28. The Bertz CT molecular complexity index is 950. The molecule has 0 spiro atoms. The monoisotopic (exact) mass is 405 g/mol. The van der Waals surface area contributed by atoms with Crippen LogP contribution in [0.25, 0.3) is 0 Å². The number of rotatable bonds is 3. The van der Waals surface area contributed by atoms with E-state index < -0.39 is 7.80 Å². The molecule has 29 heavy (non-hydrogen) atoms. The third-order valence-electron chi connectivity index (χ3n) is 4.76. The fourth-order valence-electron chi connectivity index (χ4n) is 3.72. The van der Waals surface area contributed by atoms with Crippen LogP contribution in [0.3, 0.4) is 0 Å². The minimum atomic E-state index is -1.53. The maximum atomic E-state index is 13.1. The molecule has 0 saturated heterocycles. The van der Waals surface area contributed by atoms with E-state index in [9.17, 15) is 4.57 Å². The first-order valence-corrected chi connectivity index (χ1v) is 10.9. The van der Waals surface area contributed by atoms with Gasteiger partial charge in [0.15, 0.2) is 0 Å². The van der Waals surface area contributed by atoms with E-state index in [0.717, 1.165) is 38.4 Å². The first kappa shape index (κ1) is 22.5. The van der Waals surface area contributed by atoms with Gasteiger partial charge in [0.2, 0.25) is 10.6 Å². The number of nitrogen functional groups attached to an aromatic ring is 1. The van der Waals surface area contributed by atoms with Gasteiger partial charge in [-0.1, -0.05) is 70.3 Å². The summed E-state index contributed by atoms with van der Waals surface area (Å²) in [6.07, 6.45) is 0. The number of hydrogen-bond donors (Lipinski definition) is 2. The van der Waals surface area contributed by atoms with Crippen molar-refractivity contribution in [1.82, 2.24) is 0 Å². The predicted molar refractivity (Wildman–Crippen MR) is 126 cm³/mol. The van der Waals surface area contributed by atoms with Gasteiger partial charge in [-0.2, -0.15) is 0 Å². The summed E-state index contributed by atoms with van der Waals surface area (Å²) in [6.45, 7) is 12.4. The van der Waals surface area contributed by atoms with E-state index >= 15 is 0 Å². The molecule has 0 radical (unpaired) electrons. The summed E-state index contributed by atoms with van der Waals surface area (Å²) in [7, 11) is -1.53. The molecule has 150 valence electrons. The zero-order valence-electron chi connectivity index (χ0n) is 18.1. The zero-order valence-corrected chi connectivity index (χ0v) is 19.0. The Morgan fingerprint density at radius 1 is 0.724 bits per heavy atom. The number of nitrogens with two attached hydrogens (primary N) is 1. The van der Waals surface area contributed by atoms with Crippen LogP contribution in [0.4, 0.5) is 0 Å². The summed E-state index contributed by atoms with van der Waals surface area (Å²) < 4.78 is 13.1. The van der Waals surface area contributed by atoms with Crippen molar-refractivity contribution in [2.75, 3.05) is 0 Å². The summed E-state index contributed by atoms with van der Waals surface area (Å²) >= 11 is 0. The molecule has 0 unspecified atom stereocenters. The van der Waals surface area contributed by atoms with Crippen molar-refractivity contribution in [2.45, 2.75) is 41.5 Å². The van der Waals surface area contributed by atoms with Gasteiger partial charge in [-0.3, -0.25) is 5.41 Å². The van der Waals surface area contributed by atoms with E-state index in [4.69, 9.17) is 11.1 Å². The molecule has 3 N–H and O–H groups in total. The van der Waals surface area contributed by atoms with Crippen molar-refractivity contribution < 1.29 is 4.57 Å². The largest absolute Gasteiger partial charge is 0.416 e. The lowest BCUT2D eigenvalue weighted by Crippen LogP contribution is -2.17. The lowest BCUT2D eigenvalue weighted by atomic mass is 10.1. The van der Waals surface area contributed by atoms with Crippen molar-refractivity contribution in [1.29, 1.82) is 5.41 Å². The van der Waals surface area contributed by atoms with E-state index in [-0.39, 0.29) is 5.84 Å². The minimum absolute atomic E-state index is 0.121. The van der Waals surface area contributed by atoms with E-state index in [2.05, 4.69) is 65.8 Å². The standard InChI is InChI=1S/C18H22OP.C7H8N2/c1-11-7-13(3)17(14(4)8-11)20(19)18-15(5)9-12(2)10-16(18)6;8-7(9)6-4-2-1-3-5-6/h7-10H,1-6H3;1-5H,(H3,8,9)/q+1;. The SMILES string of the molecule is Cc1cc(C)c([P+](=O)c2c(C)cc(C)cc2C)c(C)c1.N=C(N)c1ccccc1. The van der Waals surface area contributed by atoms with Crippen LogP contribution in [-0.2, 0) is 4.57 Å². The van der Waals surface area contributed by atoms with Gasteiger partial charge in [0.1, 0.15) is 5.84 Å². The molecule has 0 atom stereocenters. The summed E-state index contributed by atoms with van der Waals surface area (Å²) in [5, 5.41) is 9.01. The van der Waals surface area contributed by atoms with Crippen molar-refractivity contribution in [3.05, 3.63) is 93.5 Å². The number of nitrogens with one attached hydrogen (secondary N) is 1. The Hall–Kier alpha value is -2.77. The van der Waals surface area contributed by atoms with Crippen LogP contribution in [0.5, 0.6) is 0 Å². The van der Waals surface area contributed by atoms with E-state index in [0.29, 0.717) is 0 Å². The lowest BCUT2D eigenvalue weighted by Gasteiger charge is -2.06. The topological polar surface area (TPSA) is 66.9 Å². The summed E-state index contributed by atoms with van der Waals surface area (Å²) in [4.78, 5) is 0. The first-order valence-electron chi connectivity index (χ1n) is 9.64.